The van der Waals surface area contributed by atoms with Crippen LogP contribution in [0.4, 0.5) is 0 Å². The number of Topliss-reactive ketones (excluding diaryl/α,β-unsaturated/α-hetero) is 1. The Morgan fingerprint density at radius 1 is 1.46 bits per heavy atom. The molecule has 0 radical (unpaired) electrons. The summed E-state index contributed by atoms with van der Waals surface area (Å²) in [7, 11) is 1.91. The van der Waals surface area contributed by atoms with Crippen LogP contribution in [0.15, 0.2) is 24.3 Å². The molecule has 0 aliphatic rings. The van der Waals surface area contributed by atoms with Crippen LogP contribution in [-0.4, -0.2) is 12.8 Å². The molecule has 1 N–H and O–H groups in total. The lowest BCUT2D eigenvalue weighted by Gasteiger charge is -2.10. The lowest BCUT2D eigenvalue weighted by Crippen LogP contribution is -2.12. The van der Waals surface area contributed by atoms with E-state index in [0.717, 1.165) is 11.1 Å². The van der Waals surface area contributed by atoms with E-state index < -0.39 is 0 Å². The molecule has 0 saturated heterocycles. The van der Waals surface area contributed by atoms with E-state index >= 15 is 0 Å². The minimum absolute atomic E-state index is 0.116. The maximum atomic E-state index is 11.1. The molecule has 1 aromatic rings. The molecule has 0 spiro atoms. The fraction of sp³-hybridized carbons (Fsp3) is 0.364. The lowest BCUT2D eigenvalue weighted by atomic mass is 10.0. The molecule has 2 nitrogen and oxygen atoms in total. The molecule has 0 bridgehead atoms. The molecule has 70 valence electrons. The van der Waals surface area contributed by atoms with Crippen LogP contribution in [0.3, 0.4) is 0 Å². The Labute approximate surface area is 79.0 Å². The van der Waals surface area contributed by atoms with Gasteiger partial charge >= 0.3 is 0 Å². The van der Waals surface area contributed by atoms with Gasteiger partial charge in [-0.3, -0.25) is 4.79 Å². The van der Waals surface area contributed by atoms with Gasteiger partial charge in [0.25, 0.3) is 0 Å². The van der Waals surface area contributed by atoms with Crippen LogP contribution >= 0.6 is 0 Å². The summed E-state index contributed by atoms with van der Waals surface area (Å²) in [6.07, 6.45) is 0. The van der Waals surface area contributed by atoms with Crippen LogP contribution in [-0.2, 0) is 0 Å². The molecule has 0 aliphatic carbocycles. The van der Waals surface area contributed by atoms with E-state index in [1.165, 1.54) is 0 Å². The van der Waals surface area contributed by atoms with Crippen molar-refractivity contribution >= 4 is 5.78 Å². The van der Waals surface area contributed by atoms with E-state index in [-0.39, 0.29) is 5.78 Å². The number of carbonyl (C=O) groups excluding carboxylic acids is 1. The minimum Gasteiger partial charge on any atom is -0.313 e. The fourth-order valence-electron chi connectivity index (χ4n) is 1.19. The molecule has 1 atom stereocenters. The summed E-state index contributed by atoms with van der Waals surface area (Å²) in [6, 6.07) is 8.00. The van der Waals surface area contributed by atoms with E-state index in [9.17, 15) is 4.79 Å². The highest BCUT2D eigenvalue weighted by molar-refractivity contribution is 5.94. The van der Waals surface area contributed by atoms with Gasteiger partial charge in [0.2, 0.25) is 0 Å². The molecule has 0 saturated carbocycles. The first-order chi connectivity index (χ1) is 6.15. The molecule has 0 unspecified atom stereocenters. The van der Waals surface area contributed by atoms with Crippen molar-refractivity contribution < 1.29 is 4.79 Å². The molecule has 2 heteroatoms. The highest BCUT2D eigenvalue weighted by atomic mass is 16.1. The molecular formula is C11H15NO. The van der Waals surface area contributed by atoms with Crippen molar-refractivity contribution in [1.82, 2.24) is 5.32 Å². The van der Waals surface area contributed by atoms with E-state index in [0.29, 0.717) is 6.04 Å². The largest absolute Gasteiger partial charge is 0.313 e. The van der Waals surface area contributed by atoms with Gasteiger partial charge < -0.3 is 5.32 Å². The molecule has 0 amide bonds. The molecule has 0 aliphatic heterocycles. The number of carbonyl (C=O) groups is 1. The van der Waals surface area contributed by atoms with Crippen LogP contribution in [0.1, 0.15) is 35.8 Å². The Morgan fingerprint density at radius 3 is 2.69 bits per heavy atom. The number of hydrogen-bond donors (Lipinski definition) is 1. The summed E-state index contributed by atoms with van der Waals surface area (Å²) < 4.78 is 0. The van der Waals surface area contributed by atoms with Crippen molar-refractivity contribution in [3.63, 3.8) is 0 Å². The fourth-order valence-corrected chi connectivity index (χ4v) is 1.19. The van der Waals surface area contributed by atoms with Crippen LogP contribution in [0.2, 0.25) is 0 Å². The predicted molar refractivity (Wildman–Crippen MR) is 53.9 cm³/mol. The Balaban J connectivity index is 2.98. The van der Waals surface area contributed by atoms with Gasteiger partial charge in [-0.05, 0) is 32.5 Å². The minimum atomic E-state index is 0.116. The molecular weight excluding hydrogens is 162 g/mol. The van der Waals surface area contributed by atoms with E-state index in [2.05, 4.69) is 12.2 Å². The third kappa shape index (κ3) is 2.39. The quantitative estimate of drug-likeness (QED) is 0.717. The van der Waals surface area contributed by atoms with Crippen LogP contribution < -0.4 is 5.32 Å². The standard InChI is InChI=1S/C11H15NO/c1-8(12-3)10-5-4-6-11(7-10)9(2)13/h4-8,12H,1-3H3/t8-/m1/s1. The average molecular weight is 177 g/mol. The van der Waals surface area contributed by atoms with Crippen molar-refractivity contribution in [3.8, 4) is 0 Å². The van der Waals surface area contributed by atoms with Gasteiger partial charge in [0.15, 0.2) is 5.78 Å². The second kappa shape index (κ2) is 4.19. The number of ketones is 1. The van der Waals surface area contributed by atoms with Gasteiger partial charge in [0, 0.05) is 11.6 Å². The first kappa shape index (κ1) is 9.93. The predicted octanol–water partition coefficient (Wildman–Crippen LogP) is 2.17. The van der Waals surface area contributed by atoms with Crippen LogP contribution in [0.5, 0.6) is 0 Å². The van der Waals surface area contributed by atoms with Gasteiger partial charge in [0.1, 0.15) is 0 Å². The summed E-state index contributed by atoms with van der Waals surface area (Å²) >= 11 is 0. The Kier molecular flexibility index (Phi) is 3.20. The normalized spacial score (nSPS) is 12.5. The van der Waals surface area contributed by atoms with Crippen molar-refractivity contribution in [3.05, 3.63) is 35.4 Å². The maximum Gasteiger partial charge on any atom is 0.159 e. The van der Waals surface area contributed by atoms with E-state index in [1.54, 1.807) is 6.92 Å². The Morgan fingerprint density at radius 2 is 2.15 bits per heavy atom. The third-order valence-electron chi connectivity index (χ3n) is 2.23. The van der Waals surface area contributed by atoms with Gasteiger partial charge in [-0.1, -0.05) is 18.2 Å². The zero-order valence-electron chi connectivity index (χ0n) is 8.29. The topological polar surface area (TPSA) is 29.1 Å². The zero-order chi connectivity index (χ0) is 9.84. The highest BCUT2D eigenvalue weighted by Gasteiger charge is 2.04. The SMILES string of the molecule is CN[C@H](C)c1cccc(C(C)=O)c1. The summed E-state index contributed by atoms with van der Waals surface area (Å²) in [6.45, 7) is 3.66. The van der Waals surface area contributed by atoms with Gasteiger partial charge in [-0.25, -0.2) is 0 Å². The first-order valence-electron chi connectivity index (χ1n) is 4.43. The number of nitrogens with one attached hydrogen (secondary N) is 1. The smallest absolute Gasteiger partial charge is 0.159 e. The molecule has 1 rings (SSSR count). The first-order valence-corrected chi connectivity index (χ1v) is 4.43. The van der Waals surface area contributed by atoms with Crippen LogP contribution in [0, 0.1) is 0 Å². The number of rotatable bonds is 3. The monoisotopic (exact) mass is 177 g/mol. The van der Waals surface area contributed by atoms with Crippen molar-refractivity contribution in [2.45, 2.75) is 19.9 Å². The third-order valence-corrected chi connectivity index (χ3v) is 2.23. The van der Waals surface area contributed by atoms with Gasteiger partial charge in [0.05, 0.1) is 0 Å². The average Bonchev–Trinajstić information content (AvgIpc) is 2.17. The number of hydrogen-bond acceptors (Lipinski definition) is 2. The second-order valence-corrected chi connectivity index (χ2v) is 3.19. The lowest BCUT2D eigenvalue weighted by molar-refractivity contribution is 0.101. The maximum absolute atomic E-state index is 11.1. The van der Waals surface area contributed by atoms with E-state index in [1.807, 2.05) is 31.3 Å². The Bertz CT molecular complexity index is 307. The molecule has 0 aromatic heterocycles. The van der Waals surface area contributed by atoms with Crippen molar-refractivity contribution in [2.24, 2.45) is 0 Å². The van der Waals surface area contributed by atoms with E-state index in [4.69, 9.17) is 0 Å². The molecule has 13 heavy (non-hydrogen) atoms. The molecule has 1 aromatic carbocycles. The highest BCUT2D eigenvalue weighted by Crippen LogP contribution is 2.13. The zero-order valence-corrected chi connectivity index (χ0v) is 8.29. The van der Waals surface area contributed by atoms with Crippen molar-refractivity contribution in [2.75, 3.05) is 7.05 Å². The second-order valence-electron chi connectivity index (χ2n) is 3.19. The summed E-state index contributed by atoms with van der Waals surface area (Å²) in [5.74, 6) is 0.116. The van der Waals surface area contributed by atoms with Crippen molar-refractivity contribution in [1.29, 1.82) is 0 Å². The van der Waals surface area contributed by atoms with Crippen LogP contribution in [0.25, 0.3) is 0 Å². The molecule has 0 heterocycles. The van der Waals surface area contributed by atoms with Gasteiger partial charge in [-0.2, -0.15) is 0 Å². The molecule has 0 fully saturated rings. The number of benzene rings is 1. The Hall–Kier alpha value is -1.15. The summed E-state index contributed by atoms with van der Waals surface area (Å²) in [5.41, 5.74) is 1.93. The summed E-state index contributed by atoms with van der Waals surface area (Å²) in [4.78, 5) is 11.1. The van der Waals surface area contributed by atoms with Gasteiger partial charge in [-0.15, -0.1) is 0 Å². The summed E-state index contributed by atoms with van der Waals surface area (Å²) in [5, 5.41) is 3.14.